The molecule has 2 unspecified atom stereocenters. The quantitative estimate of drug-likeness (QED) is 0.0195. The molecule has 0 rings (SSSR count). The van der Waals surface area contributed by atoms with Crippen molar-refractivity contribution in [2.75, 3.05) is 47.5 Å². The van der Waals surface area contributed by atoms with Crippen molar-refractivity contribution in [3.8, 4) is 0 Å². The average Bonchev–Trinajstić information content (AvgIpc) is 3.42. The van der Waals surface area contributed by atoms with E-state index in [-0.39, 0.29) is 26.1 Å². The van der Waals surface area contributed by atoms with Crippen molar-refractivity contribution >= 4 is 19.8 Å². The number of ether oxygens (including phenoxy) is 2. The largest absolute Gasteiger partial charge is 0.756 e. The lowest BCUT2D eigenvalue weighted by atomic mass is 10.0. The number of quaternary nitrogens is 1. The Morgan fingerprint density at radius 3 is 1.06 bits per heavy atom. The summed E-state index contributed by atoms with van der Waals surface area (Å²) in [5, 5.41) is 0. The van der Waals surface area contributed by atoms with Crippen molar-refractivity contribution in [1.82, 2.24) is 0 Å². The van der Waals surface area contributed by atoms with Crippen molar-refractivity contribution < 1.29 is 42.1 Å². The van der Waals surface area contributed by atoms with Crippen LogP contribution >= 0.6 is 7.82 Å². The second-order valence-corrected chi connectivity index (χ2v) is 23.5. The first-order chi connectivity index (χ1) is 39.0. The molecular weight excluding hydrogens is 1010 g/mol. The van der Waals surface area contributed by atoms with Crippen LogP contribution in [-0.2, 0) is 32.7 Å². The van der Waals surface area contributed by atoms with Gasteiger partial charge in [-0.05, 0) is 96.3 Å². The van der Waals surface area contributed by atoms with E-state index in [0.717, 1.165) is 122 Å². The first-order valence-electron chi connectivity index (χ1n) is 31.9. The van der Waals surface area contributed by atoms with Gasteiger partial charge in [0.1, 0.15) is 19.8 Å². The maximum Gasteiger partial charge on any atom is 0.306 e. The molecule has 0 fully saturated rings. The second kappa shape index (κ2) is 59.8. The number of rotatable bonds is 57. The summed E-state index contributed by atoms with van der Waals surface area (Å²) in [4.78, 5) is 37.9. The maximum absolute atomic E-state index is 12.8. The Morgan fingerprint density at radius 2 is 0.713 bits per heavy atom. The molecule has 0 aliphatic carbocycles. The third kappa shape index (κ3) is 63.3. The van der Waals surface area contributed by atoms with Crippen molar-refractivity contribution in [2.24, 2.45) is 0 Å². The number of likely N-dealkylation sites (N-methyl/N-ethyl adjacent to an activating group) is 1. The van der Waals surface area contributed by atoms with E-state index in [1.165, 1.54) is 89.9 Å². The van der Waals surface area contributed by atoms with Gasteiger partial charge >= 0.3 is 11.9 Å². The van der Waals surface area contributed by atoms with Crippen LogP contribution in [0.2, 0.25) is 0 Å². The molecule has 0 saturated heterocycles. The zero-order valence-corrected chi connectivity index (χ0v) is 52.6. The Balaban J connectivity index is 4.17. The Kier molecular flexibility index (Phi) is 56.9. The first kappa shape index (κ1) is 76.1. The van der Waals surface area contributed by atoms with Crippen LogP contribution in [0.4, 0.5) is 0 Å². The van der Waals surface area contributed by atoms with Crippen molar-refractivity contribution in [1.29, 1.82) is 0 Å². The van der Waals surface area contributed by atoms with Crippen LogP contribution in [0.25, 0.3) is 0 Å². The minimum Gasteiger partial charge on any atom is -0.756 e. The fourth-order valence-electron chi connectivity index (χ4n) is 8.31. The molecule has 0 N–H and O–H groups in total. The molecule has 0 aromatic heterocycles. The Morgan fingerprint density at radius 1 is 0.400 bits per heavy atom. The highest BCUT2D eigenvalue weighted by atomic mass is 31.2. The predicted molar refractivity (Wildman–Crippen MR) is 341 cm³/mol. The molecule has 0 aliphatic rings. The van der Waals surface area contributed by atoms with Gasteiger partial charge in [-0.3, -0.25) is 14.2 Å². The van der Waals surface area contributed by atoms with E-state index >= 15 is 0 Å². The average molecular weight is 1130 g/mol. The van der Waals surface area contributed by atoms with E-state index in [1.807, 2.05) is 21.1 Å². The number of hydrogen-bond donors (Lipinski definition) is 0. The number of esters is 2. The number of phosphoric ester groups is 1. The van der Waals surface area contributed by atoms with Gasteiger partial charge in [-0.1, -0.05) is 270 Å². The molecule has 9 nitrogen and oxygen atoms in total. The lowest BCUT2D eigenvalue weighted by molar-refractivity contribution is -0.870. The molecule has 0 amide bonds. The number of unbranched alkanes of at least 4 members (excludes halogenated alkanes) is 21. The monoisotopic (exact) mass is 1130 g/mol. The molecule has 0 bridgehead atoms. The van der Waals surface area contributed by atoms with E-state index < -0.39 is 32.5 Å². The molecule has 0 radical (unpaired) electrons. The van der Waals surface area contributed by atoms with Crippen molar-refractivity contribution in [2.45, 2.75) is 251 Å². The summed E-state index contributed by atoms with van der Waals surface area (Å²) in [5.74, 6) is -0.857. The molecule has 456 valence electrons. The van der Waals surface area contributed by atoms with E-state index in [4.69, 9.17) is 18.5 Å². The van der Waals surface area contributed by atoms with Gasteiger partial charge in [0.2, 0.25) is 0 Å². The molecule has 0 aromatic carbocycles. The standard InChI is InChI=1S/C70H118NO8P/c1-6-8-10-12-14-16-18-20-22-24-25-26-27-28-29-30-31-32-33-34-35-36-37-38-39-40-41-42-43-44-45-47-49-51-53-55-57-59-61-63-70(73)79-68(67-78-80(74,75)77-65-64-71(3,4)5)66-76-69(72)62-60-58-56-54-52-50-48-46-23-21-19-17-15-13-11-9-7-2/h8,10,14,16,20,22,25-26,28-29,31-32,34-35,37-38,40-41,43-44,47,49,68H,6-7,9,11-13,15,17-19,21,23-24,27,30,33,36,39,42,45-46,48,50-67H2,1-5H3/b10-8-,16-14-,22-20-,26-25-,29-28-,32-31-,35-34-,38-37-,41-40-,44-43-,49-47-. The topological polar surface area (TPSA) is 111 Å². The molecule has 0 aromatic rings. The Labute approximate surface area is 491 Å². The smallest absolute Gasteiger partial charge is 0.306 e. The summed E-state index contributed by atoms with van der Waals surface area (Å²) >= 11 is 0. The highest BCUT2D eigenvalue weighted by Crippen LogP contribution is 2.38. The number of allylic oxidation sites excluding steroid dienone is 22. The lowest BCUT2D eigenvalue weighted by Gasteiger charge is -2.28. The van der Waals surface area contributed by atoms with Gasteiger partial charge in [0.15, 0.2) is 6.10 Å². The summed E-state index contributed by atoms with van der Waals surface area (Å²) in [6.45, 7) is 4.10. The fourth-order valence-corrected chi connectivity index (χ4v) is 9.04. The van der Waals surface area contributed by atoms with Crippen LogP contribution in [0.1, 0.15) is 245 Å². The van der Waals surface area contributed by atoms with Gasteiger partial charge in [0.05, 0.1) is 27.7 Å². The molecule has 80 heavy (non-hydrogen) atoms. The number of carbonyl (C=O) groups excluding carboxylic acids is 2. The molecule has 0 saturated carbocycles. The number of hydrogen-bond acceptors (Lipinski definition) is 8. The van der Waals surface area contributed by atoms with E-state index in [9.17, 15) is 19.0 Å². The zero-order valence-electron chi connectivity index (χ0n) is 51.7. The first-order valence-corrected chi connectivity index (χ1v) is 33.4. The minimum atomic E-state index is -4.65. The van der Waals surface area contributed by atoms with Crippen LogP contribution in [0.5, 0.6) is 0 Å². The van der Waals surface area contributed by atoms with Gasteiger partial charge in [-0.25, -0.2) is 0 Å². The number of phosphoric acid groups is 1. The van der Waals surface area contributed by atoms with Gasteiger partial charge in [-0.2, -0.15) is 0 Å². The summed E-state index contributed by atoms with van der Waals surface area (Å²) in [6, 6.07) is 0. The highest BCUT2D eigenvalue weighted by Gasteiger charge is 2.22. The minimum absolute atomic E-state index is 0.0402. The van der Waals surface area contributed by atoms with Crippen molar-refractivity contribution in [3.05, 3.63) is 134 Å². The van der Waals surface area contributed by atoms with Crippen LogP contribution in [0.3, 0.4) is 0 Å². The number of nitrogens with zero attached hydrogens (tertiary/aromatic N) is 1. The van der Waals surface area contributed by atoms with Crippen LogP contribution in [-0.4, -0.2) is 70.0 Å². The number of carbonyl (C=O) groups is 2. The van der Waals surface area contributed by atoms with E-state index in [0.29, 0.717) is 17.4 Å². The Hall–Kier alpha value is -3.85. The van der Waals surface area contributed by atoms with Gasteiger partial charge in [0, 0.05) is 12.8 Å². The van der Waals surface area contributed by atoms with E-state index in [2.05, 4.69) is 148 Å². The molecule has 0 heterocycles. The second-order valence-electron chi connectivity index (χ2n) is 22.0. The van der Waals surface area contributed by atoms with Crippen molar-refractivity contribution in [3.63, 3.8) is 0 Å². The van der Waals surface area contributed by atoms with Gasteiger partial charge in [0.25, 0.3) is 7.82 Å². The predicted octanol–water partition coefficient (Wildman–Crippen LogP) is 19.9. The molecular formula is C70H118NO8P. The maximum atomic E-state index is 12.8. The molecule has 2 atom stereocenters. The zero-order chi connectivity index (χ0) is 58.4. The van der Waals surface area contributed by atoms with Crippen LogP contribution in [0, 0.1) is 0 Å². The summed E-state index contributed by atoms with van der Waals surface area (Å²) in [6.07, 6.45) is 86.5. The highest BCUT2D eigenvalue weighted by molar-refractivity contribution is 7.45. The fraction of sp³-hybridized carbons (Fsp3) is 0.657. The summed E-state index contributed by atoms with van der Waals surface area (Å²) in [5.41, 5.74) is 0. The third-order valence-electron chi connectivity index (χ3n) is 13.2. The third-order valence-corrected chi connectivity index (χ3v) is 14.1. The summed E-state index contributed by atoms with van der Waals surface area (Å²) < 4.78 is 34.2. The SMILES string of the molecule is CC/C=C\C/C=C\C/C=C\C/C=C\C/C=C\C/C=C\C/C=C\C/C=C\C/C=C\C/C=C\C/C=C\CCCCCCCC(=O)OC(COC(=O)CCCCCCCCCCCCCCCCCCC)COP(=O)([O-])OCC[N+](C)(C)C. The summed E-state index contributed by atoms with van der Waals surface area (Å²) in [7, 11) is 1.14. The molecule has 0 spiro atoms. The molecule has 10 heteroatoms. The van der Waals surface area contributed by atoms with E-state index in [1.54, 1.807) is 0 Å². The van der Waals surface area contributed by atoms with Crippen LogP contribution in [0.15, 0.2) is 134 Å². The normalized spacial score (nSPS) is 14.1. The molecule has 0 aliphatic heterocycles. The van der Waals surface area contributed by atoms with Gasteiger partial charge in [-0.15, -0.1) is 0 Å². The Bertz CT molecular complexity index is 1810. The lowest BCUT2D eigenvalue weighted by Crippen LogP contribution is -2.37. The van der Waals surface area contributed by atoms with Crippen LogP contribution < -0.4 is 4.89 Å². The van der Waals surface area contributed by atoms with Gasteiger partial charge < -0.3 is 27.9 Å².